The minimum absolute atomic E-state index is 0.212. The zero-order chi connectivity index (χ0) is 11.2. The molecule has 0 fully saturated rings. The summed E-state index contributed by atoms with van der Waals surface area (Å²) < 4.78 is 15.0. The van der Waals surface area contributed by atoms with Crippen LogP contribution in [-0.4, -0.2) is 38.5 Å². The standard InChI is InChI=1S/C10H20O4/c1-8(9(11)12-4)14-7-6-10(2,3)13-5/h8H,6-7H2,1-5H3/t8-/m1/s1. The molecule has 4 heteroatoms. The van der Waals surface area contributed by atoms with Crippen LogP contribution in [0.1, 0.15) is 27.2 Å². The summed E-state index contributed by atoms with van der Waals surface area (Å²) in [6.07, 6.45) is 0.234. The second kappa shape index (κ2) is 5.98. The third-order valence-electron chi connectivity index (χ3n) is 2.16. The first kappa shape index (κ1) is 13.4. The predicted octanol–water partition coefficient (Wildman–Crippen LogP) is 1.38. The molecule has 0 rings (SSSR count). The molecule has 0 heterocycles. The van der Waals surface area contributed by atoms with Crippen molar-refractivity contribution in [3.05, 3.63) is 0 Å². The molecule has 0 amide bonds. The van der Waals surface area contributed by atoms with Gasteiger partial charge in [0.1, 0.15) is 0 Å². The Morgan fingerprint density at radius 2 is 1.93 bits per heavy atom. The third kappa shape index (κ3) is 5.19. The molecule has 0 spiro atoms. The number of carbonyl (C=O) groups excluding carboxylic acids is 1. The van der Waals surface area contributed by atoms with Crippen LogP contribution in [-0.2, 0) is 19.0 Å². The quantitative estimate of drug-likeness (QED) is 0.613. The lowest BCUT2D eigenvalue weighted by Crippen LogP contribution is -2.28. The first-order chi connectivity index (χ1) is 6.43. The van der Waals surface area contributed by atoms with Crippen molar-refractivity contribution in [2.45, 2.75) is 38.9 Å². The number of rotatable bonds is 6. The molecule has 4 nitrogen and oxygen atoms in total. The Labute approximate surface area is 85.5 Å². The maximum atomic E-state index is 11.0. The van der Waals surface area contributed by atoms with E-state index in [2.05, 4.69) is 4.74 Å². The van der Waals surface area contributed by atoms with Gasteiger partial charge in [-0.1, -0.05) is 0 Å². The summed E-state index contributed by atoms with van der Waals surface area (Å²) in [4.78, 5) is 11.0. The number of carbonyl (C=O) groups is 1. The molecule has 0 saturated carbocycles. The normalized spacial score (nSPS) is 13.8. The molecule has 14 heavy (non-hydrogen) atoms. The van der Waals surface area contributed by atoms with Gasteiger partial charge >= 0.3 is 5.97 Å². The Morgan fingerprint density at radius 3 is 2.36 bits per heavy atom. The zero-order valence-corrected chi connectivity index (χ0v) is 9.62. The number of ether oxygens (including phenoxy) is 3. The first-order valence-electron chi connectivity index (χ1n) is 4.67. The summed E-state index contributed by atoms with van der Waals surface area (Å²) in [6.45, 7) is 6.10. The number of hydrogen-bond acceptors (Lipinski definition) is 4. The highest BCUT2D eigenvalue weighted by molar-refractivity contribution is 5.73. The van der Waals surface area contributed by atoms with Crippen LogP contribution < -0.4 is 0 Å². The van der Waals surface area contributed by atoms with Crippen molar-refractivity contribution in [1.29, 1.82) is 0 Å². The van der Waals surface area contributed by atoms with Gasteiger partial charge in [-0.05, 0) is 27.2 Å². The summed E-state index contributed by atoms with van der Waals surface area (Å²) in [5.41, 5.74) is -0.212. The van der Waals surface area contributed by atoms with Gasteiger partial charge < -0.3 is 14.2 Å². The molecule has 0 unspecified atom stereocenters. The summed E-state index contributed by atoms with van der Waals surface area (Å²) in [5.74, 6) is -0.347. The van der Waals surface area contributed by atoms with Gasteiger partial charge in [0.2, 0.25) is 0 Å². The van der Waals surface area contributed by atoms with Gasteiger partial charge in [0, 0.05) is 7.11 Å². The Balaban J connectivity index is 3.69. The predicted molar refractivity (Wildman–Crippen MR) is 53.1 cm³/mol. The molecule has 0 aliphatic carbocycles. The molecule has 0 bridgehead atoms. The largest absolute Gasteiger partial charge is 0.467 e. The van der Waals surface area contributed by atoms with Crippen LogP contribution in [0.3, 0.4) is 0 Å². The molecule has 0 aliphatic heterocycles. The van der Waals surface area contributed by atoms with E-state index in [1.165, 1.54) is 7.11 Å². The molecule has 84 valence electrons. The van der Waals surface area contributed by atoms with Crippen molar-refractivity contribution in [3.63, 3.8) is 0 Å². The van der Waals surface area contributed by atoms with Crippen molar-refractivity contribution in [3.8, 4) is 0 Å². The van der Waals surface area contributed by atoms with Crippen LogP contribution in [0.4, 0.5) is 0 Å². The molecule has 0 aromatic heterocycles. The zero-order valence-electron chi connectivity index (χ0n) is 9.62. The van der Waals surface area contributed by atoms with Crippen molar-refractivity contribution in [1.82, 2.24) is 0 Å². The monoisotopic (exact) mass is 204 g/mol. The van der Waals surface area contributed by atoms with Gasteiger partial charge in [0.15, 0.2) is 6.10 Å². The fourth-order valence-corrected chi connectivity index (χ4v) is 0.818. The van der Waals surface area contributed by atoms with Crippen LogP contribution >= 0.6 is 0 Å². The van der Waals surface area contributed by atoms with Gasteiger partial charge in [-0.2, -0.15) is 0 Å². The van der Waals surface area contributed by atoms with Gasteiger partial charge in [-0.25, -0.2) is 4.79 Å². The Morgan fingerprint density at radius 1 is 1.36 bits per heavy atom. The Kier molecular flexibility index (Phi) is 5.72. The van der Waals surface area contributed by atoms with Gasteiger partial charge in [-0.15, -0.1) is 0 Å². The molecule has 0 saturated heterocycles. The Hall–Kier alpha value is -0.610. The van der Waals surface area contributed by atoms with E-state index < -0.39 is 6.10 Å². The lowest BCUT2D eigenvalue weighted by Gasteiger charge is -2.23. The van der Waals surface area contributed by atoms with Gasteiger partial charge in [0.05, 0.1) is 19.3 Å². The highest BCUT2D eigenvalue weighted by atomic mass is 16.6. The number of hydrogen-bond donors (Lipinski definition) is 0. The molecule has 0 aromatic carbocycles. The van der Waals surface area contributed by atoms with E-state index >= 15 is 0 Å². The maximum Gasteiger partial charge on any atom is 0.334 e. The highest BCUT2D eigenvalue weighted by Crippen LogP contribution is 2.13. The third-order valence-corrected chi connectivity index (χ3v) is 2.16. The molecule has 0 aromatic rings. The molecular weight excluding hydrogens is 184 g/mol. The van der Waals surface area contributed by atoms with Crippen LogP contribution in [0.2, 0.25) is 0 Å². The fourth-order valence-electron chi connectivity index (χ4n) is 0.818. The molecule has 0 radical (unpaired) electrons. The van der Waals surface area contributed by atoms with Crippen LogP contribution in [0, 0.1) is 0 Å². The first-order valence-corrected chi connectivity index (χ1v) is 4.67. The summed E-state index contributed by atoms with van der Waals surface area (Å²) in [7, 11) is 3.00. The number of esters is 1. The van der Waals surface area contributed by atoms with E-state index in [4.69, 9.17) is 9.47 Å². The van der Waals surface area contributed by atoms with E-state index in [9.17, 15) is 4.79 Å². The van der Waals surface area contributed by atoms with Gasteiger partial charge in [0.25, 0.3) is 0 Å². The van der Waals surface area contributed by atoms with Crippen molar-refractivity contribution in [2.75, 3.05) is 20.8 Å². The molecule has 0 N–H and O–H groups in total. The van der Waals surface area contributed by atoms with E-state index in [-0.39, 0.29) is 11.6 Å². The smallest absolute Gasteiger partial charge is 0.334 e. The minimum Gasteiger partial charge on any atom is -0.467 e. The highest BCUT2D eigenvalue weighted by Gasteiger charge is 2.18. The molecule has 0 aliphatic rings. The van der Waals surface area contributed by atoms with E-state index in [0.29, 0.717) is 6.61 Å². The van der Waals surface area contributed by atoms with Crippen molar-refractivity contribution >= 4 is 5.97 Å². The van der Waals surface area contributed by atoms with E-state index in [1.54, 1.807) is 14.0 Å². The Bertz CT molecular complexity index is 177. The van der Waals surface area contributed by atoms with Crippen LogP contribution in [0.5, 0.6) is 0 Å². The van der Waals surface area contributed by atoms with E-state index in [0.717, 1.165) is 6.42 Å². The van der Waals surface area contributed by atoms with Crippen molar-refractivity contribution < 1.29 is 19.0 Å². The van der Waals surface area contributed by atoms with Crippen molar-refractivity contribution in [2.24, 2.45) is 0 Å². The topological polar surface area (TPSA) is 44.8 Å². The SMILES string of the molecule is COC(=O)[C@@H](C)OCCC(C)(C)OC. The lowest BCUT2D eigenvalue weighted by atomic mass is 10.1. The molecular formula is C10H20O4. The lowest BCUT2D eigenvalue weighted by molar-refractivity contribution is -0.153. The van der Waals surface area contributed by atoms with Gasteiger partial charge in [-0.3, -0.25) is 0 Å². The fraction of sp³-hybridized carbons (Fsp3) is 0.900. The van der Waals surface area contributed by atoms with E-state index in [1.807, 2.05) is 13.8 Å². The average Bonchev–Trinajstić information content (AvgIpc) is 2.16. The summed E-state index contributed by atoms with van der Waals surface area (Å²) in [5, 5.41) is 0. The van der Waals surface area contributed by atoms with Crippen LogP contribution in [0.25, 0.3) is 0 Å². The summed E-state index contributed by atoms with van der Waals surface area (Å²) >= 11 is 0. The second-order valence-corrected chi connectivity index (χ2v) is 3.75. The van der Waals surface area contributed by atoms with Crippen LogP contribution in [0.15, 0.2) is 0 Å². The molecule has 1 atom stereocenters. The minimum atomic E-state index is -0.507. The number of methoxy groups -OCH3 is 2. The second-order valence-electron chi connectivity index (χ2n) is 3.75. The average molecular weight is 204 g/mol. The summed E-state index contributed by atoms with van der Waals surface area (Å²) in [6, 6.07) is 0. The maximum absolute atomic E-state index is 11.0.